The molecule has 0 fully saturated rings. The molecule has 110 valence electrons. The summed E-state index contributed by atoms with van der Waals surface area (Å²) >= 11 is 5.08. The standard InChI is InChI=1S/C16H15BrO3S/c17-13-7-3-6-10-12(8-21-15(10)13)14(18)9-4-1-2-5-11(9)16(19)20/h1-3,6-9,11,14,18H,4-5H2,(H,19,20). The molecule has 5 heteroatoms. The van der Waals surface area contributed by atoms with Crippen molar-refractivity contribution in [1.29, 1.82) is 0 Å². The molecule has 2 N–H and O–H groups in total. The Labute approximate surface area is 135 Å². The zero-order chi connectivity index (χ0) is 15.0. The van der Waals surface area contributed by atoms with E-state index in [4.69, 9.17) is 0 Å². The van der Waals surface area contributed by atoms with E-state index in [1.54, 1.807) is 11.3 Å². The van der Waals surface area contributed by atoms with Crippen LogP contribution < -0.4 is 0 Å². The molecule has 3 nitrogen and oxygen atoms in total. The first kappa shape index (κ1) is 14.8. The van der Waals surface area contributed by atoms with Gasteiger partial charge >= 0.3 is 5.97 Å². The highest BCUT2D eigenvalue weighted by atomic mass is 79.9. The van der Waals surface area contributed by atoms with Crippen LogP contribution in [0.25, 0.3) is 10.1 Å². The first-order valence-electron chi connectivity index (χ1n) is 6.81. The van der Waals surface area contributed by atoms with Crippen LogP contribution in [-0.4, -0.2) is 16.2 Å². The Morgan fingerprint density at radius 3 is 2.86 bits per heavy atom. The van der Waals surface area contributed by atoms with Gasteiger partial charge in [-0.3, -0.25) is 4.79 Å². The van der Waals surface area contributed by atoms with E-state index in [9.17, 15) is 15.0 Å². The molecule has 3 atom stereocenters. The van der Waals surface area contributed by atoms with Gasteiger partial charge < -0.3 is 10.2 Å². The summed E-state index contributed by atoms with van der Waals surface area (Å²) in [6.45, 7) is 0. The van der Waals surface area contributed by atoms with Crippen molar-refractivity contribution < 1.29 is 15.0 Å². The second-order valence-electron chi connectivity index (χ2n) is 5.30. The highest BCUT2D eigenvalue weighted by Crippen LogP contribution is 2.42. The number of hydrogen-bond donors (Lipinski definition) is 2. The molecule has 0 bridgehead atoms. The molecule has 2 aromatic rings. The molecule has 0 amide bonds. The summed E-state index contributed by atoms with van der Waals surface area (Å²) in [6, 6.07) is 5.88. The quantitative estimate of drug-likeness (QED) is 0.793. The Kier molecular flexibility index (Phi) is 4.15. The van der Waals surface area contributed by atoms with Crippen molar-refractivity contribution in [2.24, 2.45) is 11.8 Å². The lowest BCUT2D eigenvalue weighted by molar-refractivity contribution is -0.145. The number of aliphatic hydroxyl groups is 1. The van der Waals surface area contributed by atoms with E-state index < -0.39 is 18.0 Å². The Hall–Kier alpha value is -1.17. The summed E-state index contributed by atoms with van der Waals surface area (Å²) in [6.07, 6.45) is 4.20. The lowest BCUT2D eigenvalue weighted by atomic mass is 9.77. The second-order valence-corrected chi connectivity index (χ2v) is 7.04. The van der Waals surface area contributed by atoms with E-state index >= 15 is 0 Å². The molecule has 3 unspecified atom stereocenters. The van der Waals surface area contributed by atoms with Crippen LogP contribution in [0.2, 0.25) is 0 Å². The lowest BCUT2D eigenvalue weighted by Gasteiger charge is -2.29. The molecule has 1 heterocycles. The third kappa shape index (κ3) is 2.65. The Morgan fingerprint density at radius 1 is 1.33 bits per heavy atom. The van der Waals surface area contributed by atoms with Gasteiger partial charge in [-0.1, -0.05) is 24.3 Å². The Bertz CT molecular complexity index is 707. The van der Waals surface area contributed by atoms with Gasteiger partial charge in [0, 0.05) is 15.1 Å². The van der Waals surface area contributed by atoms with Gasteiger partial charge in [0.05, 0.1) is 12.0 Å². The van der Waals surface area contributed by atoms with E-state index in [0.29, 0.717) is 12.8 Å². The molecule has 1 aromatic carbocycles. The van der Waals surface area contributed by atoms with Gasteiger partial charge in [-0.15, -0.1) is 11.3 Å². The van der Waals surface area contributed by atoms with Crippen molar-refractivity contribution in [2.45, 2.75) is 18.9 Å². The van der Waals surface area contributed by atoms with Crippen LogP contribution in [0.1, 0.15) is 24.5 Å². The van der Waals surface area contributed by atoms with Gasteiger partial charge in [-0.25, -0.2) is 0 Å². The minimum atomic E-state index is -0.830. The first-order valence-corrected chi connectivity index (χ1v) is 8.48. The summed E-state index contributed by atoms with van der Waals surface area (Å²) in [7, 11) is 0. The number of carbonyl (C=O) groups is 1. The summed E-state index contributed by atoms with van der Waals surface area (Å²) in [4.78, 5) is 11.4. The van der Waals surface area contributed by atoms with Gasteiger partial charge in [0.15, 0.2) is 0 Å². The van der Waals surface area contributed by atoms with Gasteiger partial charge in [-0.05, 0) is 51.2 Å². The smallest absolute Gasteiger partial charge is 0.307 e. The molecule has 1 aromatic heterocycles. The largest absolute Gasteiger partial charge is 0.481 e. The molecule has 1 aliphatic rings. The predicted octanol–water partition coefficient (Wildman–Crippen LogP) is 4.36. The zero-order valence-electron chi connectivity index (χ0n) is 11.2. The summed E-state index contributed by atoms with van der Waals surface area (Å²) < 4.78 is 2.09. The average Bonchev–Trinajstić information content (AvgIpc) is 2.92. The molecule has 3 rings (SSSR count). The average molecular weight is 367 g/mol. The number of rotatable bonds is 3. The fourth-order valence-corrected chi connectivity index (χ4v) is 4.62. The van der Waals surface area contributed by atoms with Crippen molar-refractivity contribution >= 4 is 43.3 Å². The monoisotopic (exact) mass is 366 g/mol. The van der Waals surface area contributed by atoms with E-state index in [2.05, 4.69) is 15.9 Å². The fourth-order valence-electron chi connectivity index (χ4n) is 2.97. The zero-order valence-corrected chi connectivity index (χ0v) is 13.6. The number of benzene rings is 1. The normalized spacial score (nSPS) is 23.3. The van der Waals surface area contributed by atoms with Crippen LogP contribution in [-0.2, 0) is 4.79 Å². The number of carboxylic acid groups (broad SMARTS) is 1. The lowest BCUT2D eigenvalue weighted by Crippen LogP contribution is -2.29. The predicted molar refractivity (Wildman–Crippen MR) is 87.5 cm³/mol. The molecule has 1 aliphatic carbocycles. The molecule has 0 aliphatic heterocycles. The van der Waals surface area contributed by atoms with Gasteiger partial charge in [0.25, 0.3) is 0 Å². The first-order chi connectivity index (χ1) is 10.1. The van der Waals surface area contributed by atoms with Crippen molar-refractivity contribution in [3.8, 4) is 0 Å². The van der Waals surface area contributed by atoms with E-state index in [1.165, 1.54) is 0 Å². The summed E-state index contributed by atoms with van der Waals surface area (Å²) in [5.41, 5.74) is 0.836. The molecular formula is C16H15BrO3S. The van der Waals surface area contributed by atoms with Crippen molar-refractivity contribution in [2.75, 3.05) is 0 Å². The second kappa shape index (κ2) is 5.91. The van der Waals surface area contributed by atoms with Crippen LogP contribution in [0.3, 0.4) is 0 Å². The van der Waals surface area contributed by atoms with Gasteiger partial charge in [0.1, 0.15) is 0 Å². The molecule has 21 heavy (non-hydrogen) atoms. The molecule has 0 saturated carbocycles. The van der Waals surface area contributed by atoms with Crippen LogP contribution in [0.15, 0.2) is 40.2 Å². The number of aliphatic hydroxyl groups excluding tert-OH is 1. The van der Waals surface area contributed by atoms with Crippen molar-refractivity contribution in [1.82, 2.24) is 0 Å². The number of thiophene rings is 1. The number of aliphatic carboxylic acids is 1. The number of carboxylic acids is 1. The van der Waals surface area contributed by atoms with E-state index in [1.807, 2.05) is 35.7 Å². The number of allylic oxidation sites excluding steroid dienone is 2. The third-order valence-electron chi connectivity index (χ3n) is 4.10. The van der Waals surface area contributed by atoms with Crippen LogP contribution in [0, 0.1) is 11.8 Å². The number of halogens is 1. The summed E-state index contributed by atoms with van der Waals surface area (Å²) in [5, 5.41) is 23.0. The van der Waals surface area contributed by atoms with Crippen molar-refractivity contribution in [3.05, 3.63) is 45.8 Å². The topological polar surface area (TPSA) is 57.5 Å². The maximum atomic E-state index is 11.4. The van der Waals surface area contributed by atoms with Crippen LogP contribution in [0.5, 0.6) is 0 Å². The highest BCUT2D eigenvalue weighted by Gasteiger charge is 2.35. The third-order valence-corrected chi connectivity index (χ3v) is 6.08. The number of hydrogen-bond acceptors (Lipinski definition) is 3. The van der Waals surface area contributed by atoms with Crippen LogP contribution >= 0.6 is 27.3 Å². The number of fused-ring (bicyclic) bond motifs is 1. The van der Waals surface area contributed by atoms with Gasteiger partial charge in [-0.2, -0.15) is 0 Å². The Balaban J connectivity index is 2.00. The maximum Gasteiger partial charge on any atom is 0.307 e. The van der Waals surface area contributed by atoms with Crippen LogP contribution in [0.4, 0.5) is 0 Å². The molecule has 0 radical (unpaired) electrons. The maximum absolute atomic E-state index is 11.4. The Morgan fingerprint density at radius 2 is 2.10 bits per heavy atom. The minimum Gasteiger partial charge on any atom is -0.481 e. The van der Waals surface area contributed by atoms with E-state index in [0.717, 1.165) is 20.1 Å². The summed E-state index contributed by atoms with van der Waals surface area (Å²) in [5.74, 6) is -1.62. The SMILES string of the molecule is O=C(O)C1CC=CCC1C(O)c1csc2c(Br)cccc12. The van der Waals surface area contributed by atoms with E-state index in [-0.39, 0.29) is 5.92 Å². The van der Waals surface area contributed by atoms with Crippen molar-refractivity contribution in [3.63, 3.8) is 0 Å². The molecular weight excluding hydrogens is 352 g/mol. The minimum absolute atomic E-state index is 0.274. The van der Waals surface area contributed by atoms with Gasteiger partial charge in [0.2, 0.25) is 0 Å². The highest BCUT2D eigenvalue weighted by molar-refractivity contribution is 9.10. The fraction of sp³-hybridized carbons (Fsp3) is 0.312. The molecule has 0 saturated heterocycles. The molecule has 0 spiro atoms.